The summed E-state index contributed by atoms with van der Waals surface area (Å²) in [6.07, 6.45) is 2.46. The summed E-state index contributed by atoms with van der Waals surface area (Å²) < 4.78 is 13.3. The molecule has 0 radical (unpaired) electrons. The third-order valence-corrected chi connectivity index (χ3v) is 4.19. The molecule has 1 aromatic rings. The smallest absolute Gasteiger partial charge is 0.217 e. The zero-order valence-corrected chi connectivity index (χ0v) is 13.8. The van der Waals surface area contributed by atoms with Crippen molar-refractivity contribution < 1.29 is 9.18 Å². The van der Waals surface area contributed by atoms with Gasteiger partial charge in [-0.25, -0.2) is 4.39 Å². The first-order chi connectivity index (χ1) is 11.0. The van der Waals surface area contributed by atoms with E-state index < -0.39 is 0 Å². The molecule has 1 aromatic carbocycles. The van der Waals surface area contributed by atoms with Gasteiger partial charge < -0.3 is 16.0 Å². The predicted molar refractivity (Wildman–Crippen MR) is 89.4 cm³/mol. The van der Waals surface area contributed by atoms with Gasteiger partial charge in [0.1, 0.15) is 5.82 Å². The number of rotatable bonds is 4. The van der Waals surface area contributed by atoms with Crippen molar-refractivity contribution in [1.82, 2.24) is 10.2 Å². The largest absolute Gasteiger partial charge is 0.370 e. The number of likely N-dealkylation sites (tertiary alicyclic amines) is 1. The molecule has 1 saturated heterocycles. The second-order valence-corrected chi connectivity index (χ2v) is 6.11. The first-order valence-electron chi connectivity index (χ1n) is 7.98. The van der Waals surface area contributed by atoms with Crippen molar-refractivity contribution in [2.75, 3.05) is 20.1 Å². The number of aliphatic imine (C=N–C) groups is 1. The summed E-state index contributed by atoms with van der Waals surface area (Å²) in [7, 11) is 1.75. The molecular weight excluding hydrogens is 295 g/mol. The van der Waals surface area contributed by atoms with E-state index in [1.165, 1.54) is 6.07 Å². The number of hydrogen-bond donors (Lipinski definition) is 2. The zero-order chi connectivity index (χ0) is 16.8. The maximum Gasteiger partial charge on any atom is 0.217 e. The molecule has 0 spiro atoms. The molecule has 1 atom stereocenters. The number of nitrogens with one attached hydrogen (secondary N) is 1. The molecule has 0 saturated carbocycles. The van der Waals surface area contributed by atoms with E-state index in [0.29, 0.717) is 18.5 Å². The van der Waals surface area contributed by atoms with Gasteiger partial charge in [-0.15, -0.1) is 0 Å². The molecule has 23 heavy (non-hydrogen) atoms. The van der Waals surface area contributed by atoms with E-state index in [-0.39, 0.29) is 17.6 Å². The average Bonchev–Trinajstić information content (AvgIpc) is 2.51. The Morgan fingerprint density at radius 1 is 1.52 bits per heavy atom. The SMILES string of the molecule is CN=C(NCc1ccc(F)c(C)c1)N1CCCC(CC(N)=O)C1. The van der Waals surface area contributed by atoms with Crippen LogP contribution < -0.4 is 11.1 Å². The first-order valence-corrected chi connectivity index (χ1v) is 7.98. The number of primary amides is 1. The summed E-state index contributed by atoms with van der Waals surface area (Å²) in [6.45, 7) is 4.04. The van der Waals surface area contributed by atoms with E-state index >= 15 is 0 Å². The number of halogens is 1. The van der Waals surface area contributed by atoms with Crippen LogP contribution in [0.4, 0.5) is 4.39 Å². The van der Waals surface area contributed by atoms with Crippen molar-refractivity contribution in [2.45, 2.75) is 32.7 Å². The number of piperidine rings is 1. The van der Waals surface area contributed by atoms with Crippen molar-refractivity contribution in [3.05, 3.63) is 35.1 Å². The van der Waals surface area contributed by atoms with Crippen LogP contribution in [-0.2, 0) is 11.3 Å². The van der Waals surface area contributed by atoms with Crippen LogP contribution in [0, 0.1) is 18.7 Å². The van der Waals surface area contributed by atoms with Gasteiger partial charge >= 0.3 is 0 Å². The fourth-order valence-electron chi connectivity index (χ4n) is 3.04. The van der Waals surface area contributed by atoms with Crippen LogP contribution in [0.5, 0.6) is 0 Å². The summed E-state index contributed by atoms with van der Waals surface area (Å²) in [5.74, 6) is 0.652. The highest BCUT2D eigenvalue weighted by Crippen LogP contribution is 2.19. The normalized spacial score (nSPS) is 18.8. The number of carbonyl (C=O) groups is 1. The molecule has 1 amide bonds. The highest BCUT2D eigenvalue weighted by molar-refractivity contribution is 5.80. The van der Waals surface area contributed by atoms with Gasteiger partial charge in [0.15, 0.2) is 5.96 Å². The maximum atomic E-state index is 13.3. The van der Waals surface area contributed by atoms with Crippen molar-refractivity contribution in [2.24, 2.45) is 16.6 Å². The summed E-state index contributed by atoms with van der Waals surface area (Å²) in [4.78, 5) is 17.6. The van der Waals surface area contributed by atoms with Crippen LogP contribution in [0.15, 0.2) is 23.2 Å². The Morgan fingerprint density at radius 3 is 2.96 bits per heavy atom. The Morgan fingerprint density at radius 2 is 2.30 bits per heavy atom. The Kier molecular flexibility index (Phi) is 5.96. The highest BCUT2D eigenvalue weighted by atomic mass is 19.1. The predicted octanol–water partition coefficient (Wildman–Crippen LogP) is 1.80. The van der Waals surface area contributed by atoms with Crippen LogP contribution in [0.1, 0.15) is 30.4 Å². The van der Waals surface area contributed by atoms with Gasteiger partial charge in [0.05, 0.1) is 0 Å². The number of nitrogens with zero attached hydrogens (tertiary/aromatic N) is 2. The van der Waals surface area contributed by atoms with Gasteiger partial charge in [0, 0.05) is 33.1 Å². The number of amides is 1. The molecule has 1 unspecified atom stereocenters. The van der Waals surface area contributed by atoms with Crippen LogP contribution in [-0.4, -0.2) is 36.9 Å². The molecule has 0 aliphatic carbocycles. The van der Waals surface area contributed by atoms with Gasteiger partial charge in [-0.3, -0.25) is 9.79 Å². The summed E-state index contributed by atoms with van der Waals surface area (Å²) in [6, 6.07) is 5.09. The molecule has 0 bridgehead atoms. The Balaban J connectivity index is 1.94. The quantitative estimate of drug-likeness (QED) is 0.656. The lowest BCUT2D eigenvalue weighted by Crippen LogP contribution is -2.46. The second-order valence-electron chi connectivity index (χ2n) is 6.11. The van der Waals surface area contributed by atoms with Gasteiger partial charge in [-0.2, -0.15) is 0 Å². The summed E-state index contributed by atoms with van der Waals surface area (Å²) >= 11 is 0. The van der Waals surface area contributed by atoms with Gasteiger partial charge in [0.2, 0.25) is 5.91 Å². The van der Waals surface area contributed by atoms with E-state index in [1.54, 1.807) is 20.0 Å². The van der Waals surface area contributed by atoms with Crippen LogP contribution in [0.25, 0.3) is 0 Å². The molecule has 1 aliphatic rings. The van der Waals surface area contributed by atoms with E-state index in [0.717, 1.165) is 37.5 Å². The van der Waals surface area contributed by atoms with Gasteiger partial charge in [-0.05, 0) is 42.9 Å². The molecule has 1 aliphatic heterocycles. The molecule has 126 valence electrons. The molecule has 1 fully saturated rings. The molecule has 6 heteroatoms. The van der Waals surface area contributed by atoms with E-state index in [1.807, 2.05) is 6.07 Å². The number of guanidine groups is 1. The van der Waals surface area contributed by atoms with Crippen molar-refractivity contribution >= 4 is 11.9 Å². The third kappa shape index (κ3) is 4.94. The average molecular weight is 320 g/mol. The van der Waals surface area contributed by atoms with Gasteiger partial charge in [0.25, 0.3) is 0 Å². The summed E-state index contributed by atoms with van der Waals surface area (Å²) in [5.41, 5.74) is 6.95. The van der Waals surface area contributed by atoms with Crippen molar-refractivity contribution in [1.29, 1.82) is 0 Å². The number of carbonyl (C=O) groups excluding carboxylic acids is 1. The zero-order valence-electron chi connectivity index (χ0n) is 13.8. The Bertz CT molecular complexity index is 588. The lowest BCUT2D eigenvalue weighted by Gasteiger charge is -2.34. The number of benzene rings is 1. The fourth-order valence-corrected chi connectivity index (χ4v) is 3.04. The first kappa shape index (κ1) is 17.2. The monoisotopic (exact) mass is 320 g/mol. The minimum atomic E-state index is -0.249. The molecule has 2 rings (SSSR count). The summed E-state index contributed by atoms with van der Waals surface area (Å²) in [5, 5.41) is 3.31. The van der Waals surface area contributed by atoms with Crippen LogP contribution in [0.3, 0.4) is 0 Å². The fraction of sp³-hybridized carbons (Fsp3) is 0.529. The highest BCUT2D eigenvalue weighted by Gasteiger charge is 2.23. The minimum absolute atomic E-state index is 0.191. The van der Waals surface area contributed by atoms with Crippen molar-refractivity contribution in [3.63, 3.8) is 0 Å². The lowest BCUT2D eigenvalue weighted by atomic mass is 9.95. The Hall–Kier alpha value is -2.11. The van der Waals surface area contributed by atoms with Gasteiger partial charge in [-0.1, -0.05) is 12.1 Å². The molecule has 5 nitrogen and oxygen atoms in total. The van der Waals surface area contributed by atoms with E-state index in [2.05, 4.69) is 15.2 Å². The van der Waals surface area contributed by atoms with E-state index in [9.17, 15) is 9.18 Å². The number of hydrogen-bond acceptors (Lipinski definition) is 2. The molecular formula is C17H25FN4O. The van der Waals surface area contributed by atoms with Crippen LogP contribution in [0.2, 0.25) is 0 Å². The standard InChI is InChI=1S/C17H25FN4O/c1-12-8-13(5-6-15(12)18)10-21-17(20-2)22-7-3-4-14(11-22)9-16(19)23/h5-6,8,14H,3-4,7,9-11H2,1-2H3,(H2,19,23)(H,20,21). The lowest BCUT2D eigenvalue weighted by molar-refractivity contribution is -0.119. The maximum absolute atomic E-state index is 13.3. The number of aryl methyl sites for hydroxylation is 1. The molecule has 0 aromatic heterocycles. The van der Waals surface area contributed by atoms with E-state index in [4.69, 9.17) is 5.73 Å². The third-order valence-electron chi connectivity index (χ3n) is 4.19. The molecule has 1 heterocycles. The topological polar surface area (TPSA) is 70.7 Å². The van der Waals surface area contributed by atoms with Crippen molar-refractivity contribution in [3.8, 4) is 0 Å². The number of nitrogens with two attached hydrogens (primary N) is 1. The second kappa shape index (κ2) is 7.94. The minimum Gasteiger partial charge on any atom is -0.370 e. The Labute approximate surface area is 136 Å². The molecule has 3 N–H and O–H groups in total. The van der Waals surface area contributed by atoms with Crippen LogP contribution >= 0.6 is 0 Å².